The molecule has 1 fully saturated rings. The number of alkyl halides is 3. The fourth-order valence-electron chi connectivity index (χ4n) is 3.31. The van der Waals surface area contributed by atoms with E-state index in [4.69, 9.17) is 14.6 Å². The average Bonchev–Trinajstić information content (AvgIpc) is 2.90. The molecule has 1 aliphatic carbocycles. The van der Waals surface area contributed by atoms with Gasteiger partial charge in [0.25, 0.3) is 0 Å². The third-order valence-corrected chi connectivity index (χ3v) is 4.88. The number of aliphatic hydroxyl groups excluding tert-OH is 1. The van der Waals surface area contributed by atoms with Crippen LogP contribution in [0.2, 0.25) is 0 Å². The van der Waals surface area contributed by atoms with Crippen LogP contribution in [-0.4, -0.2) is 47.6 Å². The van der Waals surface area contributed by atoms with E-state index in [1.54, 1.807) is 6.92 Å². The van der Waals surface area contributed by atoms with Crippen molar-refractivity contribution in [3.8, 4) is 0 Å². The van der Waals surface area contributed by atoms with Crippen LogP contribution >= 0.6 is 0 Å². The molecule has 24 heavy (non-hydrogen) atoms. The van der Waals surface area contributed by atoms with E-state index in [9.17, 15) is 18.3 Å². The number of ether oxygens (including phenoxy) is 2. The molecule has 0 bridgehead atoms. The highest BCUT2D eigenvalue weighted by atomic mass is 19.4. The second-order valence-corrected chi connectivity index (χ2v) is 6.57. The van der Waals surface area contributed by atoms with Gasteiger partial charge in [-0.3, -0.25) is 0 Å². The molecule has 4 nitrogen and oxygen atoms in total. The van der Waals surface area contributed by atoms with Crippen LogP contribution in [0.1, 0.15) is 27.2 Å². The minimum Gasteiger partial charge on any atom is -0.392 e. The van der Waals surface area contributed by atoms with Crippen molar-refractivity contribution in [3.05, 3.63) is 35.5 Å². The predicted molar refractivity (Wildman–Crippen MR) is 82.1 cm³/mol. The maximum absolute atomic E-state index is 13.9. The highest BCUT2D eigenvalue weighted by Gasteiger charge is 2.68. The molecule has 2 rings (SSSR count). The monoisotopic (exact) mass is 348 g/mol. The van der Waals surface area contributed by atoms with Crippen molar-refractivity contribution >= 4 is 0 Å². The number of hydrogen-bond donors (Lipinski definition) is 2. The lowest BCUT2D eigenvalue weighted by molar-refractivity contribution is -0.294. The largest absolute Gasteiger partial charge is 0.397 e. The summed E-state index contributed by atoms with van der Waals surface area (Å²) in [4.78, 5) is 0. The first-order valence-corrected chi connectivity index (χ1v) is 7.73. The second-order valence-electron chi connectivity index (χ2n) is 6.57. The number of hydrogen-bond acceptors (Lipinski definition) is 4. The van der Waals surface area contributed by atoms with Gasteiger partial charge in [0, 0.05) is 6.42 Å². The van der Waals surface area contributed by atoms with Crippen LogP contribution in [0.5, 0.6) is 0 Å². The number of rotatable bonds is 3. The van der Waals surface area contributed by atoms with Crippen molar-refractivity contribution in [2.75, 3.05) is 19.8 Å². The average molecular weight is 348 g/mol. The fourth-order valence-corrected chi connectivity index (χ4v) is 3.31. The fraction of sp³-hybridized carbons (Fsp3) is 0.647. The van der Waals surface area contributed by atoms with Crippen LogP contribution in [0, 0.1) is 5.41 Å². The molecule has 1 aliphatic heterocycles. The van der Waals surface area contributed by atoms with Gasteiger partial charge < -0.3 is 19.7 Å². The van der Waals surface area contributed by atoms with Gasteiger partial charge in [-0.15, -0.1) is 0 Å². The lowest BCUT2D eigenvalue weighted by atomic mass is 9.61. The van der Waals surface area contributed by atoms with Crippen LogP contribution in [0.25, 0.3) is 0 Å². The van der Waals surface area contributed by atoms with E-state index in [0.29, 0.717) is 5.57 Å². The zero-order valence-electron chi connectivity index (χ0n) is 14.0. The van der Waals surface area contributed by atoms with Gasteiger partial charge in [-0.25, -0.2) is 0 Å². The molecule has 2 aliphatic rings. The summed E-state index contributed by atoms with van der Waals surface area (Å²) in [7, 11) is 0. The topological polar surface area (TPSA) is 58.9 Å². The van der Waals surface area contributed by atoms with Crippen molar-refractivity contribution in [1.82, 2.24) is 0 Å². The van der Waals surface area contributed by atoms with Crippen LogP contribution in [0.4, 0.5) is 13.2 Å². The molecule has 7 heteroatoms. The van der Waals surface area contributed by atoms with Gasteiger partial charge in [0.1, 0.15) is 11.0 Å². The summed E-state index contributed by atoms with van der Waals surface area (Å²) in [5.74, 6) is -1.45. The SMILES string of the molecule is CC(C=CC1(O)C(C)=CC2(CC1(C)C(F)(F)F)OCCO2)=CCO. The van der Waals surface area contributed by atoms with Gasteiger partial charge in [0.05, 0.1) is 19.8 Å². The minimum atomic E-state index is -4.68. The standard InChI is InChI=1S/C17H23F3O4/c1-12(5-7-21)4-6-16(22)13(2)10-15(23-8-9-24-15)11-14(16,3)17(18,19)20/h4-6,10,21-22H,7-9,11H2,1-3H3. The zero-order valence-corrected chi connectivity index (χ0v) is 14.0. The highest BCUT2D eigenvalue weighted by Crippen LogP contribution is 2.58. The summed E-state index contributed by atoms with van der Waals surface area (Å²) in [6.07, 6.45) is 0.171. The zero-order chi connectivity index (χ0) is 18.2. The molecule has 0 radical (unpaired) electrons. The number of allylic oxidation sites excluding steroid dienone is 2. The van der Waals surface area contributed by atoms with E-state index in [-0.39, 0.29) is 25.4 Å². The molecule has 0 aromatic carbocycles. The molecule has 2 N–H and O–H groups in total. The molecular formula is C17H23F3O4. The van der Waals surface area contributed by atoms with Crippen molar-refractivity contribution in [1.29, 1.82) is 0 Å². The Morgan fingerprint density at radius 3 is 2.42 bits per heavy atom. The maximum Gasteiger partial charge on any atom is 0.397 e. The highest BCUT2D eigenvalue weighted by molar-refractivity contribution is 5.37. The smallest absolute Gasteiger partial charge is 0.392 e. The molecule has 2 unspecified atom stereocenters. The first-order valence-electron chi connectivity index (χ1n) is 7.73. The van der Waals surface area contributed by atoms with Crippen molar-refractivity contribution in [2.45, 2.75) is 44.8 Å². The van der Waals surface area contributed by atoms with E-state index >= 15 is 0 Å². The normalized spacial score (nSPS) is 34.2. The Kier molecular flexibility index (Phi) is 5.03. The summed E-state index contributed by atoms with van der Waals surface area (Å²) in [5, 5.41) is 19.8. The molecule has 2 atom stereocenters. The Labute approximate surface area is 139 Å². The summed E-state index contributed by atoms with van der Waals surface area (Å²) < 4.78 is 52.6. The minimum absolute atomic E-state index is 0.114. The third-order valence-electron chi connectivity index (χ3n) is 4.88. The number of halogens is 3. The van der Waals surface area contributed by atoms with Crippen LogP contribution in [0.3, 0.4) is 0 Å². The Morgan fingerprint density at radius 2 is 1.92 bits per heavy atom. The predicted octanol–water partition coefficient (Wildman–Crippen LogP) is 2.87. The lowest BCUT2D eigenvalue weighted by Gasteiger charge is -2.51. The quantitative estimate of drug-likeness (QED) is 0.608. The van der Waals surface area contributed by atoms with Gasteiger partial charge in [-0.1, -0.05) is 17.7 Å². The first kappa shape index (κ1) is 19.2. The van der Waals surface area contributed by atoms with Crippen molar-refractivity contribution < 1.29 is 32.9 Å². The molecule has 1 heterocycles. The van der Waals surface area contributed by atoms with Gasteiger partial charge in [-0.05, 0) is 38.5 Å². The van der Waals surface area contributed by atoms with Gasteiger partial charge >= 0.3 is 6.18 Å². The van der Waals surface area contributed by atoms with E-state index in [0.717, 1.165) is 13.0 Å². The van der Waals surface area contributed by atoms with E-state index < -0.39 is 29.4 Å². The number of aliphatic hydroxyl groups is 2. The Bertz CT molecular complexity index is 573. The molecule has 0 aromatic rings. The lowest BCUT2D eigenvalue weighted by Crippen LogP contribution is -2.61. The van der Waals surface area contributed by atoms with Crippen LogP contribution < -0.4 is 0 Å². The molecular weight excluding hydrogens is 325 g/mol. The molecule has 1 saturated heterocycles. The summed E-state index contributed by atoms with van der Waals surface area (Å²) >= 11 is 0. The van der Waals surface area contributed by atoms with E-state index in [1.165, 1.54) is 25.2 Å². The van der Waals surface area contributed by atoms with Gasteiger partial charge in [0.2, 0.25) is 0 Å². The Hall–Kier alpha value is -1.15. The van der Waals surface area contributed by atoms with Crippen molar-refractivity contribution in [2.24, 2.45) is 5.41 Å². The third kappa shape index (κ3) is 3.06. The summed E-state index contributed by atoms with van der Waals surface area (Å²) in [6.45, 7) is 4.24. The first-order chi connectivity index (χ1) is 11.0. The second kappa shape index (κ2) is 6.29. The Balaban J connectivity index is 2.55. The summed E-state index contributed by atoms with van der Waals surface area (Å²) in [6, 6.07) is 0. The van der Waals surface area contributed by atoms with Crippen molar-refractivity contribution in [3.63, 3.8) is 0 Å². The van der Waals surface area contributed by atoms with Crippen LogP contribution in [-0.2, 0) is 9.47 Å². The van der Waals surface area contributed by atoms with Gasteiger partial charge in [-0.2, -0.15) is 13.2 Å². The molecule has 0 saturated carbocycles. The molecule has 136 valence electrons. The summed E-state index contributed by atoms with van der Waals surface area (Å²) in [5.41, 5.74) is -4.06. The molecule has 0 amide bonds. The Morgan fingerprint density at radius 1 is 1.33 bits per heavy atom. The van der Waals surface area contributed by atoms with E-state index in [1.807, 2.05) is 0 Å². The van der Waals surface area contributed by atoms with Gasteiger partial charge in [0.15, 0.2) is 5.79 Å². The van der Waals surface area contributed by atoms with Crippen LogP contribution in [0.15, 0.2) is 35.5 Å². The van der Waals surface area contributed by atoms with E-state index in [2.05, 4.69) is 0 Å². The maximum atomic E-state index is 13.9. The molecule has 0 aromatic heterocycles. The molecule has 1 spiro atoms.